The number of carboxylic acid groups (broad SMARTS) is 1. The highest BCUT2D eigenvalue weighted by Gasteiger charge is 2.25. The topological polar surface area (TPSA) is 99.1 Å². The van der Waals surface area contributed by atoms with Gasteiger partial charge in [-0.05, 0) is 31.6 Å². The molecular formula is C11H18ClN3O4. The van der Waals surface area contributed by atoms with E-state index in [1.54, 1.807) is 0 Å². The van der Waals surface area contributed by atoms with E-state index in [4.69, 9.17) is 16.7 Å². The standard InChI is InChI=1S/C11H18ClN3O4/c12-5-6-15(14-19)11(18)13-9-3-1-8(2-4-9)7-10(16)17/h8-9H,1-7H2,(H,13,18)(H,16,17). The zero-order chi connectivity index (χ0) is 14.3. The Kier molecular flexibility index (Phi) is 6.55. The van der Waals surface area contributed by atoms with Crippen LogP contribution < -0.4 is 5.32 Å². The number of alkyl halides is 1. The minimum absolute atomic E-state index is 0.0304. The van der Waals surface area contributed by atoms with E-state index in [9.17, 15) is 14.5 Å². The van der Waals surface area contributed by atoms with Gasteiger partial charge in [-0.3, -0.25) is 4.79 Å². The second-order valence-corrected chi connectivity index (χ2v) is 5.04. The van der Waals surface area contributed by atoms with E-state index in [-0.39, 0.29) is 30.8 Å². The molecule has 1 aliphatic rings. The number of hydrogen-bond donors (Lipinski definition) is 2. The van der Waals surface area contributed by atoms with E-state index in [0.717, 1.165) is 30.7 Å². The number of halogens is 1. The number of carboxylic acids is 1. The number of hydrogen-bond acceptors (Lipinski definition) is 4. The molecule has 0 saturated heterocycles. The van der Waals surface area contributed by atoms with Crippen molar-refractivity contribution >= 4 is 23.6 Å². The van der Waals surface area contributed by atoms with Gasteiger partial charge in [0.2, 0.25) is 0 Å². The van der Waals surface area contributed by atoms with Crippen LogP contribution in [0.15, 0.2) is 5.29 Å². The fraction of sp³-hybridized carbons (Fsp3) is 0.818. The molecule has 8 heteroatoms. The smallest absolute Gasteiger partial charge is 0.340 e. The van der Waals surface area contributed by atoms with Crippen LogP contribution in [0.5, 0.6) is 0 Å². The first-order valence-corrected chi connectivity index (χ1v) is 6.79. The van der Waals surface area contributed by atoms with Crippen molar-refractivity contribution in [3.8, 4) is 0 Å². The molecule has 0 radical (unpaired) electrons. The normalized spacial score (nSPS) is 22.6. The Bertz CT molecular complexity index is 332. The van der Waals surface area contributed by atoms with Gasteiger partial charge in [0.15, 0.2) is 0 Å². The Morgan fingerprint density at radius 3 is 2.42 bits per heavy atom. The lowest BCUT2D eigenvalue weighted by atomic mass is 9.84. The summed E-state index contributed by atoms with van der Waals surface area (Å²) in [4.78, 5) is 32.7. The van der Waals surface area contributed by atoms with Crippen LogP contribution in [0.1, 0.15) is 32.1 Å². The number of carbonyl (C=O) groups is 2. The fourth-order valence-electron chi connectivity index (χ4n) is 2.27. The summed E-state index contributed by atoms with van der Waals surface area (Å²) in [6.45, 7) is 0.0747. The lowest BCUT2D eigenvalue weighted by Crippen LogP contribution is -2.44. The summed E-state index contributed by atoms with van der Waals surface area (Å²) >= 11 is 5.45. The highest BCUT2D eigenvalue weighted by molar-refractivity contribution is 6.18. The lowest BCUT2D eigenvalue weighted by molar-refractivity contribution is -0.138. The summed E-state index contributed by atoms with van der Waals surface area (Å²) in [5, 5.41) is 14.8. The molecule has 0 aromatic rings. The molecule has 2 N–H and O–H groups in total. The average molecular weight is 292 g/mol. The minimum Gasteiger partial charge on any atom is -0.481 e. The van der Waals surface area contributed by atoms with Crippen molar-refractivity contribution in [2.45, 2.75) is 38.1 Å². The fourth-order valence-corrected chi connectivity index (χ4v) is 2.43. The third-order valence-corrected chi connectivity index (χ3v) is 3.44. The van der Waals surface area contributed by atoms with Gasteiger partial charge in [0.25, 0.3) is 0 Å². The lowest BCUT2D eigenvalue weighted by Gasteiger charge is -2.29. The molecule has 19 heavy (non-hydrogen) atoms. The van der Waals surface area contributed by atoms with E-state index in [2.05, 4.69) is 10.6 Å². The van der Waals surface area contributed by atoms with E-state index in [1.807, 2.05) is 0 Å². The molecule has 7 nitrogen and oxygen atoms in total. The van der Waals surface area contributed by atoms with E-state index in [1.165, 1.54) is 0 Å². The third-order valence-electron chi connectivity index (χ3n) is 3.27. The molecular weight excluding hydrogens is 274 g/mol. The molecule has 1 saturated carbocycles. The molecule has 0 bridgehead atoms. The number of nitroso groups, excluding NO2 is 1. The first-order chi connectivity index (χ1) is 9.06. The van der Waals surface area contributed by atoms with Crippen LogP contribution in [0, 0.1) is 10.8 Å². The number of amides is 2. The molecule has 0 spiro atoms. The summed E-state index contributed by atoms with van der Waals surface area (Å²) in [5.74, 6) is -0.468. The molecule has 0 aromatic carbocycles. The maximum atomic E-state index is 11.7. The van der Waals surface area contributed by atoms with Gasteiger partial charge in [-0.1, -0.05) is 0 Å². The van der Waals surface area contributed by atoms with E-state index >= 15 is 0 Å². The van der Waals surface area contributed by atoms with Gasteiger partial charge >= 0.3 is 12.0 Å². The molecule has 2 amide bonds. The summed E-state index contributed by atoms with van der Waals surface area (Å²) in [5.41, 5.74) is 0. The van der Waals surface area contributed by atoms with Gasteiger partial charge in [-0.15, -0.1) is 16.5 Å². The first-order valence-electron chi connectivity index (χ1n) is 6.25. The number of urea groups is 1. The first kappa shape index (κ1) is 15.7. The van der Waals surface area contributed by atoms with Crippen LogP contribution in [0.2, 0.25) is 0 Å². The summed E-state index contributed by atoms with van der Waals surface area (Å²) in [6.07, 6.45) is 3.14. The molecule has 0 aliphatic heterocycles. The van der Waals surface area contributed by atoms with Crippen LogP contribution in [-0.2, 0) is 4.79 Å². The molecule has 0 unspecified atom stereocenters. The second-order valence-electron chi connectivity index (χ2n) is 4.66. The Balaban J connectivity index is 2.33. The van der Waals surface area contributed by atoms with E-state index < -0.39 is 12.0 Å². The quantitative estimate of drug-likeness (QED) is 0.444. The maximum absolute atomic E-state index is 11.7. The Morgan fingerprint density at radius 1 is 1.32 bits per heavy atom. The van der Waals surface area contributed by atoms with Gasteiger partial charge in [0, 0.05) is 18.3 Å². The zero-order valence-electron chi connectivity index (χ0n) is 10.5. The Labute approximate surface area is 116 Å². The van der Waals surface area contributed by atoms with Gasteiger partial charge in [0.05, 0.1) is 11.8 Å². The molecule has 1 fully saturated rings. The molecule has 1 aliphatic carbocycles. The summed E-state index contributed by atoms with van der Waals surface area (Å²) < 4.78 is 0. The minimum atomic E-state index is -0.786. The SMILES string of the molecule is O=NN(CCCl)C(=O)NC1CCC(CC(=O)O)CC1. The molecule has 0 atom stereocenters. The molecule has 108 valence electrons. The second kappa shape index (κ2) is 7.93. The number of rotatable bonds is 6. The van der Waals surface area contributed by atoms with Crippen LogP contribution in [0.4, 0.5) is 4.79 Å². The third kappa shape index (κ3) is 5.42. The average Bonchev–Trinajstić information content (AvgIpc) is 2.37. The predicted molar refractivity (Wildman–Crippen MR) is 69.8 cm³/mol. The van der Waals surface area contributed by atoms with Crippen molar-refractivity contribution in [1.82, 2.24) is 10.3 Å². The van der Waals surface area contributed by atoms with Gasteiger partial charge < -0.3 is 10.4 Å². The number of nitrogens with zero attached hydrogens (tertiary/aromatic N) is 2. The van der Waals surface area contributed by atoms with Gasteiger partial charge in [0.1, 0.15) is 0 Å². The highest BCUT2D eigenvalue weighted by atomic mass is 35.5. The number of carbonyl (C=O) groups excluding carboxylic acids is 1. The Morgan fingerprint density at radius 2 is 1.95 bits per heavy atom. The monoisotopic (exact) mass is 291 g/mol. The van der Waals surface area contributed by atoms with E-state index in [0.29, 0.717) is 0 Å². The zero-order valence-corrected chi connectivity index (χ0v) is 11.3. The Hall–Kier alpha value is -1.37. The van der Waals surface area contributed by atoms with Crippen LogP contribution in [0.3, 0.4) is 0 Å². The van der Waals surface area contributed by atoms with Crippen molar-refractivity contribution in [3.05, 3.63) is 4.91 Å². The van der Waals surface area contributed by atoms with Crippen LogP contribution in [0.25, 0.3) is 0 Å². The van der Waals surface area contributed by atoms with Crippen LogP contribution >= 0.6 is 11.6 Å². The summed E-state index contributed by atoms with van der Waals surface area (Å²) in [7, 11) is 0. The van der Waals surface area contributed by atoms with Gasteiger partial charge in [-0.25, -0.2) is 4.79 Å². The molecule has 0 heterocycles. The highest BCUT2D eigenvalue weighted by Crippen LogP contribution is 2.26. The summed E-state index contributed by atoms with van der Waals surface area (Å²) in [6, 6.07) is -0.575. The van der Waals surface area contributed by atoms with Crippen molar-refractivity contribution in [2.75, 3.05) is 12.4 Å². The number of aliphatic carboxylic acids is 1. The van der Waals surface area contributed by atoms with Gasteiger partial charge in [-0.2, -0.15) is 5.01 Å². The maximum Gasteiger partial charge on any atom is 0.340 e. The number of nitrogens with one attached hydrogen (secondary N) is 1. The predicted octanol–water partition coefficient (Wildman–Crippen LogP) is 1.95. The largest absolute Gasteiger partial charge is 0.481 e. The van der Waals surface area contributed by atoms with Crippen molar-refractivity contribution in [3.63, 3.8) is 0 Å². The molecule has 1 rings (SSSR count). The van der Waals surface area contributed by atoms with Crippen molar-refractivity contribution in [2.24, 2.45) is 11.2 Å². The van der Waals surface area contributed by atoms with Crippen molar-refractivity contribution < 1.29 is 14.7 Å². The molecule has 0 aromatic heterocycles. The van der Waals surface area contributed by atoms with Crippen molar-refractivity contribution in [1.29, 1.82) is 0 Å². The van der Waals surface area contributed by atoms with Crippen LogP contribution in [-0.4, -0.2) is 40.6 Å².